The summed E-state index contributed by atoms with van der Waals surface area (Å²) in [5.41, 5.74) is 1.28. The van der Waals surface area contributed by atoms with Crippen molar-refractivity contribution in [3.63, 3.8) is 0 Å². The van der Waals surface area contributed by atoms with Gasteiger partial charge in [0.2, 0.25) is 9.84 Å². The van der Waals surface area contributed by atoms with Crippen molar-refractivity contribution in [1.29, 1.82) is 0 Å². The molecule has 0 aliphatic rings. The summed E-state index contributed by atoms with van der Waals surface area (Å²) in [5, 5.41) is 11.3. The molecular weight excluding hydrogens is 531 g/mol. The van der Waals surface area contributed by atoms with Gasteiger partial charge in [-0.3, -0.25) is 9.59 Å². The summed E-state index contributed by atoms with van der Waals surface area (Å²) < 4.78 is 42.1. The van der Waals surface area contributed by atoms with Crippen LogP contribution in [0.3, 0.4) is 0 Å². The summed E-state index contributed by atoms with van der Waals surface area (Å²) >= 11 is 0. The molecule has 1 aromatic heterocycles. The van der Waals surface area contributed by atoms with E-state index in [0.717, 1.165) is 6.42 Å². The Labute approximate surface area is 232 Å². The van der Waals surface area contributed by atoms with Crippen molar-refractivity contribution < 1.29 is 22.7 Å². The van der Waals surface area contributed by atoms with E-state index in [4.69, 9.17) is 0 Å². The molecule has 0 radical (unpaired) electrons. The smallest absolute Gasteiger partial charge is 0.271 e. The van der Waals surface area contributed by atoms with E-state index >= 15 is 0 Å². The number of aromatic hydroxyl groups is 1. The van der Waals surface area contributed by atoms with Gasteiger partial charge in [0.1, 0.15) is 11.5 Å². The monoisotopic (exact) mass is 562 g/mol. The lowest BCUT2D eigenvalue weighted by atomic mass is 9.96. The number of ketones is 1. The number of hydrogen-bond acceptors (Lipinski definition) is 6. The van der Waals surface area contributed by atoms with Crippen LogP contribution in [-0.4, -0.2) is 31.3 Å². The highest BCUT2D eigenvalue weighted by molar-refractivity contribution is 7.91. The van der Waals surface area contributed by atoms with Crippen molar-refractivity contribution in [2.24, 2.45) is 0 Å². The second kappa shape index (κ2) is 11.9. The molecule has 1 heterocycles. The first kappa shape index (κ1) is 28.8. The van der Waals surface area contributed by atoms with Crippen LogP contribution in [0, 0.1) is 5.82 Å². The van der Waals surface area contributed by atoms with E-state index in [2.05, 4.69) is 4.98 Å². The first-order valence-corrected chi connectivity index (χ1v) is 14.5. The molecule has 3 aromatic carbocycles. The van der Waals surface area contributed by atoms with E-state index in [-0.39, 0.29) is 22.1 Å². The van der Waals surface area contributed by atoms with Crippen LogP contribution in [0.5, 0.6) is 5.75 Å². The highest BCUT2D eigenvalue weighted by Gasteiger charge is 2.31. The lowest BCUT2D eigenvalue weighted by Gasteiger charge is -2.25. The number of aromatic nitrogens is 1. The molecule has 0 unspecified atom stereocenters. The van der Waals surface area contributed by atoms with Gasteiger partial charge in [0.25, 0.3) is 5.56 Å². The summed E-state index contributed by atoms with van der Waals surface area (Å²) in [4.78, 5) is 28.5. The van der Waals surface area contributed by atoms with Gasteiger partial charge in [0, 0.05) is 24.7 Å². The second-order valence-electron chi connectivity index (χ2n) is 9.42. The fraction of sp³-hybridized carbons (Fsp3) is 0.226. The highest BCUT2D eigenvalue weighted by atomic mass is 32.2. The Morgan fingerprint density at radius 2 is 1.62 bits per heavy atom. The molecule has 0 aliphatic heterocycles. The standard InChI is InChI=1S/C31H31FN2O5S/c1-4-6-14-25-28(34(3)26-15-10-9-13-24(26)32)29(36)30(31(37)33-25)40(38,39)21-18-16-20(17-19-21)22-11-7-8-12-23(22)27(35)5-2/h7-13,15-19H,4-6,14H2,1-3H3,(H2,33,36,37). The number of carbonyl (C=O) groups excluding carboxylic acids is 1. The molecule has 0 aliphatic carbocycles. The van der Waals surface area contributed by atoms with Crippen LogP contribution in [0.4, 0.5) is 15.8 Å². The van der Waals surface area contributed by atoms with Crippen LogP contribution < -0.4 is 10.5 Å². The van der Waals surface area contributed by atoms with Crippen LogP contribution in [0.1, 0.15) is 49.2 Å². The van der Waals surface area contributed by atoms with E-state index in [0.29, 0.717) is 41.6 Å². The Balaban J connectivity index is 1.84. The largest absolute Gasteiger partial charge is 0.504 e. The number of benzene rings is 3. The molecule has 0 amide bonds. The van der Waals surface area contributed by atoms with E-state index in [1.807, 2.05) is 6.92 Å². The van der Waals surface area contributed by atoms with Gasteiger partial charge < -0.3 is 15.0 Å². The van der Waals surface area contributed by atoms with E-state index < -0.39 is 31.9 Å². The number of hydrogen-bond donors (Lipinski definition) is 2. The molecule has 208 valence electrons. The first-order chi connectivity index (χ1) is 19.1. The number of aromatic amines is 1. The molecule has 0 spiro atoms. The number of aryl methyl sites for hydroxylation is 1. The van der Waals surface area contributed by atoms with Crippen LogP contribution in [0.2, 0.25) is 0 Å². The van der Waals surface area contributed by atoms with E-state index in [9.17, 15) is 27.5 Å². The van der Waals surface area contributed by atoms with Gasteiger partial charge in [0.15, 0.2) is 16.4 Å². The van der Waals surface area contributed by atoms with Crippen molar-refractivity contribution in [2.45, 2.75) is 49.3 Å². The summed E-state index contributed by atoms with van der Waals surface area (Å²) in [6, 6.07) is 18.7. The lowest BCUT2D eigenvalue weighted by molar-refractivity contribution is 0.0988. The highest BCUT2D eigenvalue weighted by Crippen LogP contribution is 2.40. The van der Waals surface area contributed by atoms with Gasteiger partial charge >= 0.3 is 0 Å². The number of nitrogens with zero attached hydrogens (tertiary/aromatic N) is 1. The molecule has 0 bridgehead atoms. The molecule has 7 nitrogen and oxygen atoms in total. The number of nitrogens with one attached hydrogen (secondary N) is 1. The molecule has 0 fully saturated rings. The number of halogens is 1. The number of H-pyrrole nitrogens is 1. The van der Waals surface area contributed by atoms with Crippen molar-refractivity contribution in [3.8, 4) is 16.9 Å². The van der Waals surface area contributed by atoms with Crippen LogP contribution in [0.25, 0.3) is 11.1 Å². The summed E-state index contributed by atoms with van der Waals surface area (Å²) in [6.07, 6.45) is 2.11. The molecule has 0 saturated carbocycles. The van der Waals surface area contributed by atoms with Crippen molar-refractivity contribution >= 4 is 27.0 Å². The number of unbranched alkanes of at least 4 members (excludes halogenated alkanes) is 1. The van der Waals surface area contributed by atoms with E-state index in [1.54, 1.807) is 49.4 Å². The second-order valence-corrected chi connectivity index (χ2v) is 11.3. The maximum Gasteiger partial charge on any atom is 0.271 e. The van der Waals surface area contributed by atoms with Gasteiger partial charge in [-0.25, -0.2) is 12.8 Å². The Kier molecular flexibility index (Phi) is 8.54. The summed E-state index contributed by atoms with van der Waals surface area (Å²) in [7, 11) is -3.00. The quantitative estimate of drug-likeness (QED) is 0.216. The zero-order chi connectivity index (χ0) is 29.0. The Morgan fingerprint density at radius 3 is 2.27 bits per heavy atom. The number of rotatable bonds is 10. The Morgan fingerprint density at radius 1 is 0.975 bits per heavy atom. The maximum absolute atomic E-state index is 14.7. The minimum absolute atomic E-state index is 0.0142. The number of Topliss-reactive ketones (excluding diaryl/α,β-unsaturated/α-hetero) is 1. The number of anilines is 2. The van der Waals surface area contributed by atoms with Gasteiger partial charge in [-0.05, 0) is 48.2 Å². The molecule has 0 atom stereocenters. The zero-order valence-electron chi connectivity index (χ0n) is 22.6. The van der Waals surface area contributed by atoms with Crippen LogP contribution in [-0.2, 0) is 16.3 Å². The predicted molar refractivity (Wildman–Crippen MR) is 154 cm³/mol. The van der Waals surface area contributed by atoms with Crippen molar-refractivity contribution in [1.82, 2.24) is 4.98 Å². The Hall–Kier alpha value is -4.24. The average molecular weight is 563 g/mol. The number of carbonyl (C=O) groups is 1. The fourth-order valence-electron chi connectivity index (χ4n) is 4.70. The third kappa shape index (κ3) is 5.42. The third-order valence-corrected chi connectivity index (χ3v) is 8.63. The molecule has 2 N–H and O–H groups in total. The molecule has 4 aromatic rings. The van der Waals surface area contributed by atoms with E-state index in [1.165, 1.54) is 42.3 Å². The van der Waals surface area contributed by atoms with Crippen LogP contribution >= 0.6 is 0 Å². The minimum atomic E-state index is -4.50. The first-order valence-electron chi connectivity index (χ1n) is 13.1. The van der Waals surface area contributed by atoms with Gasteiger partial charge in [-0.15, -0.1) is 0 Å². The molecular formula is C31H31FN2O5S. The lowest BCUT2D eigenvalue weighted by Crippen LogP contribution is -2.24. The summed E-state index contributed by atoms with van der Waals surface area (Å²) in [5.74, 6) is -1.36. The number of para-hydroxylation sites is 1. The maximum atomic E-state index is 14.7. The molecule has 4 rings (SSSR count). The van der Waals surface area contributed by atoms with Gasteiger partial charge in [-0.2, -0.15) is 0 Å². The van der Waals surface area contributed by atoms with Crippen LogP contribution in [0.15, 0.2) is 87.4 Å². The fourth-order valence-corrected chi connectivity index (χ4v) is 6.08. The normalized spacial score (nSPS) is 11.4. The minimum Gasteiger partial charge on any atom is -0.504 e. The van der Waals surface area contributed by atoms with Crippen molar-refractivity contribution in [2.75, 3.05) is 11.9 Å². The average Bonchev–Trinajstić information content (AvgIpc) is 2.95. The van der Waals surface area contributed by atoms with Gasteiger partial charge in [-0.1, -0.05) is 68.8 Å². The van der Waals surface area contributed by atoms with Crippen molar-refractivity contribution in [3.05, 3.63) is 100 Å². The predicted octanol–water partition coefficient (Wildman–Crippen LogP) is 6.42. The number of pyridine rings is 1. The zero-order valence-corrected chi connectivity index (χ0v) is 23.4. The topological polar surface area (TPSA) is 108 Å². The SMILES string of the molecule is CCCCc1[nH]c(=O)c(S(=O)(=O)c2ccc(-c3ccccc3C(=O)CC)cc2)c(O)c1N(C)c1ccccc1F. The summed E-state index contributed by atoms with van der Waals surface area (Å²) in [6.45, 7) is 3.72. The number of sulfone groups is 1. The third-order valence-electron chi connectivity index (χ3n) is 6.82. The molecule has 9 heteroatoms. The molecule has 0 saturated heterocycles. The van der Waals surface area contributed by atoms with Gasteiger partial charge in [0.05, 0.1) is 10.6 Å². The Bertz CT molecular complexity index is 1710. The molecule has 40 heavy (non-hydrogen) atoms.